The highest BCUT2D eigenvalue weighted by Gasteiger charge is 2.16. The third-order valence-electron chi connectivity index (χ3n) is 5.41. The molecule has 5 rings (SSSR count). The summed E-state index contributed by atoms with van der Waals surface area (Å²) in [5.74, 6) is 0.836. The van der Waals surface area contributed by atoms with Gasteiger partial charge in [-0.2, -0.15) is 0 Å². The van der Waals surface area contributed by atoms with Gasteiger partial charge in [-0.1, -0.05) is 16.6 Å². The van der Waals surface area contributed by atoms with Gasteiger partial charge in [0.25, 0.3) is 5.88 Å². The van der Waals surface area contributed by atoms with Crippen LogP contribution in [0.3, 0.4) is 0 Å². The van der Waals surface area contributed by atoms with Crippen LogP contribution >= 0.6 is 0 Å². The van der Waals surface area contributed by atoms with Crippen LogP contribution in [0.15, 0.2) is 61.2 Å². The molecular weight excluding hydrogens is 438 g/mol. The van der Waals surface area contributed by atoms with Crippen molar-refractivity contribution in [2.75, 3.05) is 13.2 Å². The number of hydrogen-bond donors (Lipinski definition) is 0. The first-order valence-corrected chi connectivity index (χ1v) is 10.7. The van der Waals surface area contributed by atoms with E-state index in [0.29, 0.717) is 31.8 Å². The summed E-state index contributed by atoms with van der Waals surface area (Å²) in [6.07, 6.45) is 5.33. The van der Waals surface area contributed by atoms with Crippen molar-refractivity contribution in [3.8, 4) is 11.6 Å². The van der Waals surface area contributed by atoms with Gasteiger partial charge in [-0.15, -0.1) is 0 Å². The first-order valence-electron chi connectivity index (χ1n) is 10.7. The van der Waals surface area contributed by atoms with Gasteiger partial charge in [0.05, 0.1) is 42.8 Å². The highest BCUT2D eigenvalue weighted by molar-refractivity contribution is 5.75. The Morgan fingerprint density at radius 1 is 1.03 bits per heavy atom. The quantitative estimate of drug-likeness (QED) is 0.186. The Bertz CT molecular complexity index is 1480. The first-order chi connectivity index (χ1) is 16.6. The molecule has 0 fully saturated rings. The molecule has 0 atom stereocenters. The van der Waals surface area contributed by atoms with Crippen molar-refractivity contribution in [3.63, 3.8) is 0 Å². The molecule has 0 aliphatic heterocycles. The summed E-state index contributed by atoms with van der Waals surface area (Å²) in [5.41, 5.74) is 4.27. The fraction of sp³-hybridized carbons (Fsp3) is 0.217. The SMILES string of the molecule is Cc1c(OCCCOc2ccc3ncc([N+](=O)[O-])n3n2)ccnc1Cn1cnc2ccccc21. The molecule has 0 aliphatic rings. The fourth-order valence-electron chi connectivity index (χ4n) is 3.64. The maximum atomic E-state index is 11.1. The fourth-order valence-corrected chi connectivity index (χ4v) is 3.64. The molecule has 0 saturated heterocycles. The minimum absolute atomic E-state index is 0.212. The third-order valence-corrected chi connectivity index (χ3v) is 5.41. The number of rotatable bonds is 9. The standard InChI is InChI=1S/C23H21N7O4/c1-16-18(14-28-15-26-17-5-2-3-6-19(17)28)24-10-9-20(16)33-11-4-12-34-22-8-7-21-25-13-23(30(31)32)29(21)27-22/h2-3,5-10,13,15H,4,11-12,14H2,1H3. The Morgan fingerprint density at radius 2 is 1.88 bits per heavy atom. The molecule has 0 saturated carbocycles. The lowest BCUT2D eigenvalue weighted by atomic mass is 10.2. The van der Waals surface area contributed by atoms with Gasteiger partial charge in [0.2, 0.25) is 5.65 Å². The van der Waals surface area contributed by atoms with Crippen LogP contribution in [-0.2, 0) is 6.54 Å². The zero-order valence-electron chi connectivity index (χ0n) is 18.4. The van der Waals surface area contributed by atoms with Gasteiger partial charge in [0.1, 0.15) is 11.9 Å². The molecule has 11 nitrogen and oxygen atoms in total. The maximum absolute atomic E-state index is 11.1. The first kappa shape index (κ1) is 21.3. The van der Waals surface area contributed by atoms with Crippen molar-refractivity contribution < 1.29 is 14.4 Å². The van der Waals surface area contributed by atoms with Crippen molar-refractivity contribution >= 4 is 22.5 Å². The average Bonchev–Trinajstić information content (AvgIpc) is 3.45. The molecule has 0 bridgehead atoms. The molecule has 0 radical (unpaired) electrons. The van der Waals surface area contributed by atoms with E-state index in [0.717, 1.165) is 32.6 Å². The van der Waals surface area contributed by atoms with E-state index in [1.54, 1.807) is 18.3 Å². The summed E-state index contributed by atoms with van der Waals surface area (Å²) < 4.78 is 14.8. The number of para-hydroxylation sites is 2. The molecule has 4 heterocycles. The van der Waals surface area contributed by atoms with Crippen molar-refractivity contribution in [3.05, 3.63) is 82.6 Å². The van der Waals surface area contributed by atoms with Crippen LogP contribution in [0.25, 0.3) is 16.7 Å². The molecule has 34 heavy (non-hydrogen) atoms. The maximum Gasteiger partial charge on any atom is 0.368 e. The van der Waals surface area contributed by atoms with Crippen molar-refractivity contribution in [1.29, 1.82) is 0 Å². The van der Waals surface area contributed by atoms with E-state index < -0.39 is 4.92 Å². The van der Waals surface area contributed by atoms with E-state index in [1.807, 2.05) is 43.6 Å². The van der Waals surface area contributed by atoms with Crippen LogP contribution < -0.4 is 9.47 Å². The number of fused-ring (bicyclic) bond motifs is 2. The second-order valence-electron chi connectivity index (χ2n) is 7.61. The van der Waals surface area contributed by atoms with Gasteiger partial charge in [0, 0.05) is 30.3 Å². The van der Waals surface area contributed by atoms with Crippen molar-refractivity contribution in [1.82, 2.24) is 29.1 Å². The summed E-state index contributed by atoms with van der Waals surface area (Å²) in [7, 11) is 0. The van der Waals surface area contributed by atoms with Gasteiger partial charge in [-0.05, 0) is 35.1 Å². The zero-order valence-corrected chi connectivity index (χ0v) is 18.4. The number of nitro groups is 1. The van der Waals surface area contributed by atoms with Crippen molar-refractivity contribution in [2.45, 2.75) is 19.9 Å². The molecule has 172 valence electrons. The molecular formula is C23H21N7O4. The Hall–Kier alpha value is -4.54. The lowest BCUT2D eigenvalue weighted by Gasteiger charge is -2.13. The third kappa shape index (κ3) is 4.22. The highest BCUT2D eigenvalue weighted by atomic mass is 16.6. The van der Waals surface area contributed by atoms with E-state index in [-0.39, 0.29) is 11.7 Å². The van der Waals surface area contributed by atoms with Crippen LogP contribution in [0, 0.1) is 17.0 Å². The molecule has 5 aromatic rings. The number of hydrogen-bond acceptors (Lipinski definition) is 8. The summed E-state index contributed by atoms with van der Waals surface area (Å²) >= 11 is 0. The molecule has 1 aromatic carbocycles. The van der Waals surface area contributed by atoms with E-state index in [1.165, 1.54) is 6.20 Å². The zero-order chi connectivity index (χ0) is 23.5. The Balaban J connectivity index is 1.17. The van der Waals surface area contributed by atoms with Gasteiger partial charge >= 0.3 is 5.82 Å². The van der Waals surface area contributed by atoms with Crippen LogP contribution in [0.2, 0.25) is 0 Å². The summed E-state index contributed by atoms with van der Waals surface area (Å²) in [6.45, 7) is 3.37. The van der Waals surface area contributed by atoms with Crippen molar-refractivity contribution in [2.24, 2.45) is 0 Å². The lowest BCUT2D eigenvalue weighted by Crippen LogP contribution is -2.09. The minimum atomic E-state index is -0.536. The van der Waals surface area contributed by atoms with Gasteiger partial charge in [-0.3, -0.25) is 4.98 Å². The molecule has 0 unspecified atom stereocenters. The van der Waals surface area contributed by atoms with E-state index >= 15 is 0 Å². The second-order valence-corrected chi connectivity index (χ2v) is 7.61. The minimum Gasteiger partial charge on any atom is -0.493 e. The lowest BCUT2D eigenvalue weighted by molar-refractivity contribution is -0.391. The molecule has 0 N–H and O–H groups in total. The van der Waals surface area contributed by atoms with Crippen LogP contribution in [0.4, 0.5) is 5.82 Å². The predicted molar refractivity (Wildman–Crippen MR) is 123 cm³/mol. The number of nitrogens with zero attached hydrogens (tertiary/aromatic N) is 7. The van der Waals surface area contributed by atoms with E-state index in [2.05, 4.69) is 24.6 Å². The van der Waals surface area contributed by atoms with Crippen LogP contribution in [-0.4, -0.2) is 47.3 Å². The second kappa shape index (κ2) is 9.14. The Labute approximate surface area is 193 Å². The molecule has 0 aliphatic carbocycles. The predicted octanol–water partition coefficient (Wildman–Crippen LogP) is 3.59. The smallest absolute Gasteiger partial charge is 0.368 e. The van der Waals surface area contributed by atoms with Gasteiger partial charge in [0.15, 0.2) is 0 Å². The Kier molecular flexibility index (Phi) is 5.73. The topological polar surface area (TPSA) is 122 Å². The van der Waals surface area contributed by atoms with Crippen LogP contribution in [0.1, 0.15) is 17.7 Å². The molecule has 11 heteroatoms. The van der Waals surface area contributed by atoms with Gasteiger partial charge < -0.3 is 24.2 Å². The highest BCUT2D eigenvalue weighted by Crippen LogP contribution is 2.22. The van der Waals surface area contributed by atoms with E-state index in [4.69, 9.17) is 9.47 Å². The molecule has 0 amide bonds. The average molecular weight is 459 g/mol. The largest absolute Gasteiger partial charge is 0.493 e. The Morgan fingerprint density at radius 3 is 2.76 bits per heavy atom. The summed E-state index contributed by atoms with van der Waals surface area (Å²) in [5, 5.41) is 15.2. The monoisotopic (exact) mass is 459 g/mol. The van der Waals surface area contributed by atoms with E-state index in [9.17, 15) is 10.1 Å². The molecule has 4 aromatic heterocycles. The molecule has 0 spiro atoms. The summed E-state index contributed by atoms with van der Waals surface area (Å²) in [4.78, 5) is 23.4. The normalized spacial score (nSPS) is 11.2. The van der Waals surface area contributed by atoms with Crippen LogP contribution in [0.5, 0.6) is 11.6 Å². The number of benzene rings is 1. The summed E-state index contributed by atoms with van der Waals surface area (Å²) in [6, 6.07) is 13.1. The van der Waals surface area contributed by atoms with Gasteiger partial charge in [-0.25, -0.2) is 9.97 Å². The number of aromatic nitrogens is 6. The number of pyridine rings is 1. The number of imidazole rings is 2. The number of ether oxygens (including phenoxy) is 2.